The van der Waals surface area contributed by atoms with Crippen LogP contribution in [0, 0.1) is 11.8 Å². The lowest BCUT2D eigenvalue weighted by Gasteiger charge is -2.28. The van der Waals surface area contributed by atoms with Gasteiger partial charge in [-0.3, -0.25) is 0 Å². The van der Waals surface area contributed by atoms with Crippen LogP contribution in [0.1, 0.15) is 25.7 Å². The van der Waals surface area contributed by atoms with Crippen LogP contribution in [0.4, 0.5) is 0 Å². The maximum absolute atomic E-state index is 2.63. The lowest BCUT2D eigenvalue weighted by molar-refractivity contribution is 0.512. The van der Waals surface area contributed by atoms with Crippen molar-refractivity contribution in [2.45, 2.75) is 45.3 Å². The van der Waals surface area contributed by atoms with Gasteiger partial charge in [0.1, 0.15) is 0 Å². The highest BCUT2D eigenvalue weighted by Gasteiger charge is 2.32. The Labute approximate surface area is 77.1 Å². The van der Waals surface area contributed by atoms with E-state index in [-0.39, 0.29) is 0 Å². The monoisotopic (exact) mass is 180 g/mol. The van der Waals surface area contributed by atoms with Crippen molar-refractivity contribution >= 4 is 8.07 Å². The van der Waals surface area contributed by atoms with Gasteiger partial charge in [-0.25, -0.2) is 0 Å². The Bertz CT molecular complexity index is 210. The molecule has 0 aliphatic heterocycles. The number of rotatable bonds is 1. The summed E-state index contributed by atoms with van der Waals surface area (Å²) < 4.78 is 0. The molecule has 2 atom stereocenters. The van der Waals surface area contributed by atoms with Crippen LogP contribution in [0.2, 0.25) is 19.6 Å². The first kappa shape index (κ1) is 8.55. The minimum atomic E-state index is -0.939. The molecule has 0 nitrogen and oxygen atoms in total. The SMILES string of the molecule is C[Si](C)(C)C1=C[C@@H]2CC[C@H](C1)C2. The molecule has 1 saturated carbocycles. The van der Waals surface area contributed by atoms with Crippen molar-refractivity contribution in [1.82, 2.24) is 0 Å². The third-order valence-corrected chi connectivity index (χ3v) is 5.79. The van der Waals surface area contributed by atoms with E-state index in [0.29, 0.717) is 0 Å². The largest absolute Gasteiger partial charge is 0.0860 e. The molecule has 0 amide bonds. The fourth-order valence-electron chi connectivity index (χ4n) is 2.67. The smallest absolute Gasteiger partial charge is 0.0720 e. The third-order valence-electron chi connectivity index (χ3n) is 3.49. The number of hydrogen-bond acceptors (Lipinski definition) is 0. The summed E-state index contributed by atoms with van der Waals surface area (Å²) in [5, 5.41) is 1.86. The maximum atomic E-state index is 2.63. The van der Waals surface area contributed by atoms with Crippen molar-refractivity contribution in [1.29, 1.82) is 0 Å². The highest BCUT2D eigenvalue weighted by Crippen LogP contribution is 2.43. The van der Waals surface area contributed by atoms with Gasteiger partial charge in [-0.15, -0.1) is 0 Å². The molecule has 2 aliphatic rings. The fourth-order valence-corrected chi connectivity index (χ4v) is 4.31. The van der Waals surface area contributed by atoms with E-state index >= 15 is 0 Å². The van der Waals surface area contributed by atoms with E-state index in [1.165, 1.54) is 25.7 Å². The first-order valence-electron chi connectivity index (χ1n) is 5.27. The number of hydrogen-bond donors (Lipinski definition) is 0. The minimum Gasteiger partial charge on any atom is -0.0860 e. The fraction of sp³-hybridized carbons (Fsp3) is 0.818. The maximum Gasteiger partial charge on any atom is 0.0720 e. The van der Waals surface area contributed by atoms with E-state index in [0.717, 1.165) is 11.8 Å². The van der Waals surface area contributed by atoms with Crippen molar-refractivity contribution in [2.75, 3.05) is 0 Å². The van der Waals surface area contributed by atoms with Crippen LogP contribution in [0.25, 0.3) is 0 Å². The first-order chi connectivity index (χ1) is 5.55. The zero-order chi connectivity index (χ0) is 8.77. The van der Waals surface area contributed by atoms with Crippen LogP contribution in [0.15, 0.2) is 11.3 Å². The number of allylic oxidation sites excluding steroid dienone is 2. The molecule has 0 aromatic rings. The second kappa shape index (κ2) is 2.73. The van der Waals surface area contributed by atoms with Gasteiger partial charge < -0.3 is 0 Å². The molecular weight excluding hydrogens is 160 g/mol. The molecule has 0 aromatic carbocycles. The van der Waals surface area contributed by atoms with E-state index in [1.54, 1.807) is 0 Å². The van der Waals surface area contributed by atoms with E-state index in [9.17, 15) is 0 Å². The molecular formula is C11H20Si. The van der Waals surface area contributed by atoms with E-state index in [2.05, 4.69) is 25.7 Å². The standard InChI is InChI=1S/C11H20Si/c1-12(2,3)11-7-9-4-5-10(6-9)8-11/h7,9-10H,4-6,8H2,1-3H3/t9-,10+/m1/s1. The highest BCUT2D eigenvalue weighted by atomic mass is 28.3. The van der Waals surface area contributed by atoms with Crippen LogP contribution in [0.3, 0.4) is 0 Å². The zero-order valence-corrected chi connectivity index (χ0v) is 9.56. The van der Waals surface area contributed by atoms with E-state index in [1.807, 2.05) is 5.20 Å². The molecule has 68 valence electrons. The van der Waals surface area contributed by atoms with Crippen molar-refractivity contribution in [3.05, 3.63) is 11.3 Å². The Balaban J connectivity index is 2.18. The van der Waals surface area contributed by atoms with Gasteiger partial charge in [0.15, 0.2) is 0 Å². The highest BCUT2D eigenvalue weighted by molar-refractivity contribution is 6.83. The topological polar surface area (TPSA) is 0 Å². The molecule has 0 spiro atoms. The molecule has 1 heteroatoms. The molecule has 0 aromatic heterocycles. The summed E-state index contributed by atoms with van der Waals surface area (Å²) in [5.41, 5.74) is 0. The molecule has 0 heterocycles. The minimum absolute atomic E-state index is 0.939. The van der Waals surface area contributed by atoms with Gasteiger partial charge in [-0.05, 0) is 37.5 Å². The molecule has 2 rings (SSSR count). The second-order valence-electron chi connectivity index (χ2n) is 5.59. The Morgan fingerprint density at radius 3 is 2.58 bits per heavy atom. The van der Waals surface area contributed by atoms with Crippen LogP contribution >= 0.6 is 0 Å². The van der Waals surface area contributed by atoms with Crippen molar-refractivity contribution < 1.29 is 0 Å². The summed E-state index contributed by atoms with van der Waals surface area (Å²) >= 11 is 0. The van der Waals surface area contributed by atoms with Crippen molar-refractivity contribution in [3.63, 3.8) is 0 Å². The predicted molar refractivity (Wildman–Crippen MR) is 56.9 cm³/mol. The summed E-state index contributed by atoms with van der Waals surface area (Å²) in [4.78, 5) is 0. The van der Waals surface area contributed by atoms with Gasteiger partial charge in [0, 0.05) is 0 Å². The van der Waals surface area contributed by atoms with Gasteiger partial charge in [0.25, 0.3) is 0 Å². The average Bonchev–Trinajstić information content (AvgIpc) is 2.28. The summed E-state index contributed by atoms with van der Waals surface area (Å²) in [6.45, 7) is 7.47. The summed E-state index contributed by atoms with van der Waals surface area (Å²) in [6, 6.07) is 0. The predicted octanol–water partition coefficient (Wildman–Crippen LogP) is 3.61. The molecule has 0 unspecified atom stereocenters. The average molecular weight is 180 g/mol. The van der Waals surface area contributed by atoms with Gasteiger partial charge in [-0.1, -0.05) is 30.9 Å². The Hall–Kier alpha value is -0.0431. The van der Waals surface area contributed by atoms with Gasteiger partial charge in [0.05, 0.1) is 8.07 Å². The van der Waals surface area contributed by atoms with Gasteiger partial charge >= 0.3 is 0 Å². The lowest BCUT2D eigenvalue weighted by Crippen LogP contribution is -2.27. The van der Waals surface area contributed by atoms with E-state index < -0.39 is 8.07 Å². The molecule has 1 fully saturated rings. The van der Waals surface area contributed by atoms with Crippen LogP contribution in [-0.4, -0.2) is 8.07 Å². The molecule has 0 radical (unpaired) electrons. The summed E-state index contributed by atoms with van der Waals surface area (Å²) in [5.74, 6) is 2.05. The normalized spacial score (nSPS) is 35.1. The molecule has 12 heavy (non-hydrogen) atoms. The molecule has 0 saturated heterocycles. The zero-order valence-electron chi connectivity index (χ0n) is 8.56. The third kappa shape index (κ3) is 1.52. The Kier molecular flexibility index (Phi) is 1.94. The second-order valence-corrected chi connectivity index (χ2v) is 10.7. The van der Waals surface area contributed by atoms with Gasteiger partial charge in [-0.2, -0.15) is 0 Å². The van der Waals surface area contributed by atoms with Gasteiger partial charge in [0.2, 0.25) is 0 Å². The van der Waals surface area contributed by atoms with E-state index in [4.69, 9.17) is 0 Å². The van der Waals surface area contributed by atoms with Crippen molar-refractivity contribution in [2.24, 2.45) is 11.8 Å². The summed E-state index contributed by atoms with van der Waals surface area (Å²) in [6.07, 6.45) is 8.59. The van der Waals surface area contributed by atoms with Crippen LogP contribution in [-0.2, 0) is 0 Å². The lowest BCUT2D eigenvalue weighted by atomic mass is 9.95. The van der Waals surface area contributed by atoms with Crippen molar-refractivity contribution in [3.8, 4) is 0 Å². The Morgan fingerprint density at radius 1 is 1.25 bits per heavy atom. The number of fused-ring (bicyclic) bond motifs is 2. The molecule has 2 aliphatic carbocycles. The molecule has 2 bridgehead atoms. The Morgan fingerprint density at radius 2 is 2.00 bits per heavy atom. The summed E-state index contributed by atoms with van der Waals surface area (Å²) in [7, 11) is -0.939. The quantitative estimate of drug-likeness (QED) is 0.541. The van der Waals surface area contributed by atoms with Crippen LogP contribution < -0.4 is 0 Å². The first-order valence-corrected chi connectivity index (χ1v) is 8.77. The van der Waals surface area contributed by atoms with Crippen LogP contribution in [0.5, 0.6) is 0 Å². The molecule has 0 N–H and O–H groups in total.